The maximum atomic E-state index is 9.62. The van der Waals surface area contributed by atoms with E-state index in [0.29, 0.717) is 6.42 Å². The highest BCUT2D eigenvalue weighted by atomic mass is 16.5. The molecule has 0 saturated heterocycles. The van der Waals surface area contributed by atoms with E-state index in [1.54, 1.807) is 7.11 Å². The largest absolute Gasteiger partial charge is 0.390 e. The smallest absolute Gasteiger partial charge is 0.0838 e. The Morgan fingerprint density at radius 1 is 1.50 bits per heavy atom. The van der Waals surface area contributed by atoms with Crippen LogP contribution < -0.4 is 0 Å². The van der Waals surface area contributed by atoms with Gasteiger partial charge in [0.05, 0.1) is 12.2 Å². The summed E-state index contributed by atoms with van der Waals surface area (Å²) in [6, 6.07) is 0. The zero-order chi connectivity index (χ0) is 9.56. The van der Waals surface area contributed by atoms with Crippen molar-refractivity contribution in [1.82, 2.24) is 0 Å². The molecule has 0 aliphatic heterocycles. The molecule has 12 heavy (non-hydrogen) atoms. The minimum atomic E-state index is -0.396. The first-order valence-electron chi connectivity index (χ1n) is 4.53. The standard InChI is InChI=1S/C10H20O2/c1-5-8(3)7-9(11)10(6-2)12-4/h9-11H,3,5-7H2,1-2,4H3. The summed E-state index contributed by atoms with van der Waals surface area (Å²) in [6.07, 6.45) is 1.98. The van der Waals surface area contributed by atoms with Crippen LogP contribution in [0.3, 0.4) is 0 Å². The van der Waals surface area contributed by atoms with Crippen molar-refractivity contribution in [3.8, 4) is 0 Å². The first-order valence-corrected chi connectivity index (χ1v) is 4.53. The Kier molecular flexibility index (Phi) is 6.03. The third-order valence-electron chi connectivity index (χ3n) is 2.13. The van der Waals surface area contributed by atoms with Crippen molar-refractivity contribution < 1.29 is 9.84 Å². The summed E-state index contributed by atoms with van der Waals surface area (Å²) in [5, 5.41) is 9.62. The van der Waals surface area contributed by atoms with Crippen molar-refractivity contribution >= 4 is 0 Å². The normalized spacial score (nSPS) is 15.7. The van der Waals surface area contributed by atoms with Crippen molar-refractivity contribution in [2.45, 2.75) is 45.3 Å². The first-order chi connectivity index (χ1) is 5.65. The van der Waals surface area contributed by atoms with Crippen LogP contribution in [-0.2, 0) is 4.74 Å². The summed E-state index contributed by atoms with van der Waals surface area (Å²) >= 11 is 0. The molecule has 0 radical (unpaired) electrons. The molecule has 0 saturated carbocycles. The molecule has 0 rings (SSSR count). The fraction of sp³-hybridized carbons (Fsp3) is 0.800. The molecule has 0 bridgehead atoms. The van der Waals surface area contributed by atoms with Gasteiger partial charge in [-0.3, -0.25) is 0 Å². The number of hydrogen-bond acceptors (Lipinski definition) is 2. The maximum Gasteiger partial charge on any atom is 0.0838 e. The highest BCUT2D eigenvalue weighted by Gasteiger charge is 2.16. The molecule has 0 amide bonds. The van der Waals surface area contributed by atoms with Gasteiger partial charge in [-0.2, -0.15) is 0 Å². The van der Waals surface area contributed by atoms with Crippen molar-refractivity contribution in [1.29, 1.82) is 0 Å². The van der Waals surface area contributed by atoms with Crippen LogP contribution in [0.5, 0.6) is 0 Å². The lowest BCUT2D eigenvalue weighted by molar-refractivity contribution is -0.0130. The Balaban J connectivity index is 3.83. The molecule has 1 N–H and O–H groups in total. The van der Waals surface area contributed by atoms with Crippen LogP contribution >= 0.6 is 0 Å². The zero-order valence-corrected chi connectivity index (χ0v) is 8.34. The van der Waals surface area contributed by atoms with Gasteiger partial charge in [0.25, 0.3) is 0 Å². The van der Waals surface area contributed by atoms with E-state index in [4.69, 9.17) is 4.74 Å². The molecule has 2 unspecified atom stereocenters. The zero-order valence-electron chi connectivity index (χ0n) is 8.34. The molecule has 72 valence electrons. The molecule has 2 atom stereocenters. The van der Waals surface area contributed by atoms with E-state index < -0.39 is 6.10 Å². The molecule has 0 aromatic carbocycles. The summed E-state index contributed by atoms with van der Waals surface area (Å²) in [6.45, 7) is 7.90. The fourth-order valence-electron chi connectivity index (χ4n) is 1.17. The monoisotopic (exact) mass is 172 g/mol. The van der Waals surface area contributed by atoms with E-state index in [2.05, 4.69) is 6.58 Å². The average molecular weight is 172 g/mol. The molecule has 2 heteroatoms. The van der Waals surface area contributed by atoms with Crippen LogP contribution in [0.2, 0.25) is 0 Å². The molecule has 0 aromatic rings. The molecule has 0 aliphatic rings. The predicted octanol–water partition coefficient (Wildman–Crippen LogP) is 2.13. The van der Waals surface area contributed by atoms with Crippen molar-refractivity contribution in [2.24, 2.45) is 0 Å². The summed E-state index contributed by atoms with van der Waals surface area (Å²) in [5.41, 5.74) is 1.08. The summed E-state index contributed by atoms with van der Waals surface area (Å²) in [7, 11) is 1.63. The van der Waals surface area contributed by atoms with Crippen LogP contribution in [0.15, 0.2) is 12.2 Å². The molecule has 0 aliphatic carbocycles. The summed E-state index contributed by atoms with van der Waals surface area (Å²) in [4.78, 5) is 0. The van der Waals surface area contributed by atoms with Crippen molar-refractivity contribution in [3.05, 3.63) is 12.2 Å². The highest BCUT2D eigenvalue weighted by molar-refractivity contribution is 4.96. The highest BCUT2D eigenvalue weighted by Crippen LogP contribution is 2.13. The van der Waals surface area contributed by atoms with Gasteiger partial charge in [0.2, 0.25) is 0 Å². The second-order valence-corrected chi connectivity index (χ2v) is 3.06. The van der Waals surface area contributed by atoms with Crippen LogP contribution in [0.4, 0.5) is 0 Å². The SMILES string of the molecule is C=C(CC)CC(O)C(CC)OC. The lowest BCUT2D eigenvalue weighted by atomic mass is 10.0. The Hall–Kier alpha value is -0.340. The van der Waals surface area contributed by atoms with E-state index in [-0.39, 0.29) is 6.10 Å². The molecule has 0 heterocycles. The van der Waals surface area contributed by atoms with Crippen LogP contribution in [0, 0.1) is 0 Å². The number of aliphatic hydroxyl groups excluding tert-OH is 1. The van der Waals surface area contributed by atoms with Gasteiger partial charge in [-0.25, -0.2) is 0 Å². The second-order valence-electron chi connectivity index (χ2n) is 3.06. The van der Waals surface area contributed by atoms with Crippen LogP contribution in [0.1, 0.15) is 33.1 Å². The molecular weight excluding hydrogens is 152 g/mol. The van der Waals surface area contributed by atoms with Crippen LogP contribution in [0.25, 0.3) is 0 Å². The number of aliphatic hydroxyl groups is 1. The first kappa shape index (κ1) is 11.7. The van der Waals surface area contributed by atoms with E-state index >= 15 is 0 Å². The lowest BCUT2D eigenvalue weighted by Crippen LogP contribution is -2.27. The number of hydrogen-bond donors (Lipinski definition) is 1. The Morgan fingerprint density at radius 2 is 2.08 bits per heavy atom. The number of methoxy groups -OCH3 is 1. The summed E-state index contributed by atoms with van der Waals surface area (Å²) < 4.78 is 5.12. The molecule has 0 fully saturated rings. The van der Waals surface area contributed by atoms with E-state index in [1.807, 2.05) is 13.8 Å². The van der Waals surface area contributed by atoms with E-state index in [1.165, 1.54) is 0 Å². The molecule has 2 nitrogen and oxygen atoms in total. The van der Waals surface area contributed by atoms with Crippen LogP contribution in [-0.4, -0.2) is 24.4 Å². The third-order valence-corrected chi connectivity index (χ3v) is 2.13. The number of rotatable bonds is 6. The Morgan fingerprint density at radius 3 is 2.42 bits per heavy atom. The minimum absolute atomic E-state index is 0.0479. The topological polar surface area (TPSA) is 29.5 Å². The minimum Gasteiger partial charge on any atom is -0.390 e. The Labute approximate surface area is 75.2 Å². The third kappa shape index (κ3) is 3.88. The quantitative estimate of drug-likeness (QED) is 0.622. The van der Waals surface area contributed by atoms with Gasteiger partial charge in [0.15, 0.2) is 0 Å². The molecule has 0 aromatic heterocycles. The van der Waals surface area contributed by atoms with Gasteiger partial charge in [0.1, 0.15) is 0 Å². The van der Waals surface area contributed by atoms with Gasteiger partial charge in [0, 0.05) is 7.11 Å². The van der Waals surface area contributed by atoms with Crippen molar-refractivity contribution in [2.75, 3.05) is 7.11 Å². The lowest BCUT2D eigenvalue weighted by Gasteiger charge is -2.20. The van der Waals surface area contributed by atoms with Gasteiger partial charge in [-0.05, 0) is 19.3 Å². The number of ether oxygens (including phenoxy) is 1. The fourth-order valence-corrected chi connectivity index (χ4v) is 1.17. The van der Waals surface area contributed by atoms with Gasteiger partial charge < -0.3 is 9.84 Å². The second kappa shape index (κ2) is 6.21. The summed E-state index contributed by atoms with van der Waals surface area (Å²) in [5.74, 6) is 0. The average Bonchev–Trinajstić information content (AvgIpc) is 2.06. The predicted molar refractivity (Wildman–Crippen MR) is 51.1 cm³/mol. The van der Waals surface area contributed by atoms with Gasteiger partial charge in [-0.15, -0.1) is 0 Å². The maximum absolute atomic E-state index is 9.62. The molecular formula is C10H20O2. The molecule has 0 spiro atoms. The van der Waals surface area contributed by atoms with E-state index in [0.717, 1.165) is 18.4 Å². The Bertz CT molecular complexity index is 128. The van der Waals surface area contributed by atoms with Gasteiger partial charge in [-0.1, -0.05) is 26.0 Å². The van der Waals surface area contributed by atoms with E-state index in [9.17, 15) is 5.11 Å². The van der Waals surface area contributed by atoms with Crippen molar-refractivity contribution in [3.63, 3.8) is 0 Å². The van der Waals surface area contributed by atoms with Gasteiger partial charge >= 0.3 is 0 Å².